The normalized spacial score (nSPS) is 32.4. The van der Waals surface area contributed by atoms with E-state index in [2.05, 4.69) is 6.92 Å². The van der Waals surface area contributed by atoms with E-state index in [-0.39, 0.29) is 0 Å². The Morgan fingerprint density at radius 3 is 1.75 bits per heavy atom. The molecule has 0 aromatic carbocycles. The van der Waals surface area contributed by atoms with Crippen LogP contribution in [0.25, 0.3) is 0 Å². The first-order valence-electron chi connectivity index (χ1n) is 7.60. The average Bonchev–Trinajstić information content (AvgIpc) is 2.36. The summed E-state index contributed by atoms with van der Waals surface area (Å²) in [6.07, 6.45) is 13.8. The fourth-order valence-corrected chi connectivity index (χ4v) is 5.10. The van der Waals surface area contributed by atoms with Gasteiger partial charge in [-0.3, -0.25) is 0 Å². The quantitative estimate of drug-likeness (QED) is 0.553. The summed E-state index contributed by atoms with van der Waals surface area (Å²) in [6.45, 7) is 6.43. The van der Waals surface area contributed by atoms with Crippen LogP contribution in [-0.2, 0) is 0 Å². The summed E-state index contributed by atoms with van der Waals surface area (Å²) in [4.78, 5) is 0. The Hall–Kier alpha value is 0.430. The minimum atomic E-state index is 1.03. The first kappa shape index (κ1) is 14.5. The predicted molar refractivity (Wildman–Crippen MR) is 78.0 cm³/mol. The summed E-state index contributed by atoms with van der Waals surface area (Å²) >= 11 is 0. The second-order valence-corrected chi connectivity index (χ2v) is 7.42. The van der Waals surface area contributed by atoms with Crippen molar-refractivity contribution in [3.8, 4) is 0 Å². The predicted octanol–water partition coefficient (Wildman–Crippen LogP) is 5.60. The molecule has 1 atom stereocenters. The van der Waals surface area contributed by atoms with Gasteiger partial charge in [-0.2, -0.15) is 0 Å². The lowest BCUT2D eigenvalue weighted by Gasteiger charge is -2.31. The molecule has 0 heterocycles. The van der Waals surface area contributed by atoms with Gasteiger partial charge in [0.2, 0.25) is 0 Å². The number of hydrogen-bond donors (Lipinski definition) is 0. The lowest BCUT2D eigenvalue weighted by Crippen LogP contribution is -2.17. The molecule has 1 unspecified atom stereocenters. The van der Waals surface area contributed by atoms with Gasteiger partial charge in [-0.1, -0.05) is 52.9 Å². The van der Waals surface area contributed by atoms with E-state index in [1.54, 1.807) is 25.7 Å². The zero-order valence-electron chi connectivity index (χ0n) is 11.6. The van der Waals surface area contributed by atoms with Crippen LogP contribution in [0.15, 0.2) is 0 Å². The standard InChI is InChI=1S/C13H25P.C2H6/c1-11-7-9-13(10-8-11)14-12-5-3-2-4-6-12;1-2/h11-14H,2-10H2,1H3;1-2H3. The highest BCUT2D eigenvalue weighted by Gasteiger charge is 2.22. The molecule has 0 aromatic heterocycles. The molecule has 0 spiro atoms. The Bertz CT molecular complexity index is 153. The van der Waals surface area contributed by atoms with Crippen molar-refractivity contribution in [3.05, 3.63) is 0 Å². The van der Waals surface area contributed by atoms with E-state index in [1.807, 2.05) is 13.8 Å². The van der Waals surface area contributed by atoms with Crippen molar-refractivity contribution in [1.82, 2.24) is 0 Å². The fraction of sp³-hybridized carbons (Fsp3) is 1.00. The number of rotatable bonds is 2. The lowest BCUT2D eigenvalue weighted by atomic mass is 9.91. The molecule has 0 aliphatic heterocycles. The van der Waals surface area contributed by atoms with E-state index >= 15 is 0 Å². The van der Waals surface area contributed by atoms with E-state index < -0.39 is 0 Å². The van der Waals surface area contributed by atoms with Crippen molar-refractivity contribution in [3.63, 3.8) is 0 Å². The van der Waals surface area contributed by atoms with Gasteiger partial charge < -0.3 is 0 Å². The van der Waals surface area contributed by atoms with E-state index in [0.29, 0.717) is 0 Å². The maximum atomic E-state index is 2.43. The van der Waals surface area contributed by atoms with Crippen molar-refractivity contribution < 1.29 is 0 Å². The maximum absolute atomic E-state index is 2.43. The summed E-state index contributed by atoms with van der Waals surface area (Å²) in [6, 6.07) is 0. The third kappa shape index (κ3) is 5.17. The van der Waals surface area contributed by atoms with Crippen molar-refractivity contribution in [2.24, 2.45) is 5.92 Å². The van der Waals surface area contributed by atoms with Crippen LogP contribution in [0, 0.1) is 5.92 Å². The molecular weight excluding hydrogens is 211 g/mol. The third-order valence-corrected chi connectivity index (χ3v) is 6.19. The van der Waals surface area contributed by atoms with Crippen LogP contribution in [-0.4, -0.2) is 11.3 Å². The Morgan fingerprint density at radius 1 is 0.688 bits per heavy atom. The second-order valence-electron chi connectivity index (χ2n) is 5.46. The molecule has 16 heavy (non-hydrogen) atoms. The molecule has 2 aliphatic rings. The molecule has 0 bridgehead atoms. The minimum absolute atomic E-state index is 1.03. The largest absolute Gasteiger partial charge is 0.116 e. The van der Waals surface area contributed by atoms with Gasteiger partial charge in [0.25, 0.3) is 0 Å². The van der Waals surface area contributed by atoms with Gasteiger partial charge in [-0.05, 0) is 42.9 Å². The summed E-state index contributed by atoms with van der Waals surface area (Å²) in [7, 11) is 1.32. The summed E-state index contributed by atoms with van der Waals surface area (Å²) in [5.74, 6) is 1.03. The van der Waals surface area contributed by atoms with E-state index in [9.17, 15) is 0 Å². The van der Waals surface area contributed by atoms with Gasteiger partial charge in [0, 0.05) is 0 Å². The molecular formula is C15H31P. The Labute approximate surface area is 105 Å². The molecule has 0 amide bonds. The molecule has 2 aliphatic carbocycles. The molecule has 2 rings (SSSR count). The number of hydrogen-bond acceptors (Lipinski definition) is 0. The van der Waals surface area contributed by atoms with Crippen molar-refractivity contribution in [2.75, 3.05) is 0 Å². The topological polar surface area (TPSA) is 0 Å². The molecule has 0 saturated heterocycles. The lowest BCUT2D eigenvalue weighted by molar-refractivity contribution is 0.389. The minimum Gasteiger partial charge on any atom is -0.116 e. The molecule has 2 saturated carbocycles. The molecule has 0 aromatic rings. The van der Waals surface area contributed by atoms with Gasteiger partial charge >= 0.3 is 0 Å². The van der Waals surface area contributed by atoms with Gasteiger partial charge in [0.05, 0.1) is 0 Å². The first-order valence-corrected chi connectivity index (χ1v) is 8.76. The average molecular weight is 242 g/mol. The van der Waals surface area contributed by atoms with Crippen molar-refractivity contribution in [2.45, 2.75) is 89.9 Å². The summed E-state index contributed by atoms with van der Waals surface area (Å²) in [5.41, 5.74) is 2.27. The highest BCUT2D eigenvalue weighted by molar-refractivity contribution is 7.39. The smallest absolute Gasteiger partial charge is 0.0234 e. The van der Waals surface area contributed by atoms with Gasteiger partial charge in [-0.15, -0.1) is 8.58 Å². The molecule has 0 N–H and O–H groups in total. The van der Waals surface area contributed by atoms with E-state index in [1.165, 1.54) is 40.7 Å². The van der Waals surface area contributed by atoms with Crippen LogP contribution in [0.1, 0.15) is 78.6 Å². The second kappa shape index (κ2) is 8.51. The monoisotopic (exact) mass is 242 g/mol. The first-order chi connectivity index (χ1) is 7.84. The fourth-order valence-electron chi connectivity index (χ4n) is 3.03. The van der Waals surface area contributed by atoms with E-state index in [4.69, 9.17) is 0 Å². The summed E-state index contributed by atoms with van der Waals surface area (Å²) < 4.78 is 0. The van der Waals surface area contributed by atoms with Crippen LogP contribution in [0.5, 0.6) is 0 Å². The Balaban J connectivity index is 0.000000606. The molecule has 2 fully saturated rings. The molecule has 0 radical (unpaired) electrons. The molecule has 96 valence electrons. The van der Waals surface area contributed by atoms with Gasteiger partial charge in [-0.25, -0.2) is 0 Å². The van der Waals surface area contributed by atoms with Gasteiger partial charge in [0.1, 0.15) is 0 Å². The Kier molecular flexibility index (Phi) is 7.71. The van der Waals surface area contributed by atoms with Crippen LogP contribution >= 0.6 is 8.58 Å². The van der Waals surface area contributed by atoms with E-state index in [0.717, 1.165) is 17.2 Å². The van der Waals surface area contributed by atoms with Crippen molar-refractivity contribution in [1.29, 1.82) is 0 Å². The van der Waals surface area contributed by atoms with Crippen LogP contribution < -0.4 is 0 Å². The summed E-state index contributed by atoms with van der Waals surface area (Å²) in [5, 5.41) is 0. The molecule has 0 nitrogen and oxygen atoms in total. The van der Waals surface area contributed by atoms with Crippen LogP contribution in [0.2, 0.25) is 0 Å². The van der Waals surface area contributed by atoms with Crippen molar-refractivity contribution >= 4 is 8.58 Å². The maximum Gasteiger partial charge on any atom is -0.0234 e. The molecule has 1 heteroatoms. The van der Waals surface area contributed by atoms with Gasteiger partial charge in [0.15, 0.2) is 0 Å². The third-order valence-electron chi connectivity index (χ3n) is 4.09. The zero-order valence-corrected chi connectivity index (χ0v) is 12.6. The highest BCUT2D eigenvalue weighted by atomic mass is 31.1. The SMILES string of the molecule is CC.CC1CCC(PC2CCCCC2)CC1. The van der Waals surface area contributed by atoms with Crippen LogP contribution in [0.4, 0.5) is 0 Å². The Morgan fingerprint density at radius 2 is 1.19 bits per heavy atom. The van der Waals surface area contributed by atoms with Crippen LogP contribution in [0.3, 0.4) is 0 Å². The zero-order chi connectivity index (χ0) is 11.8. The highest BCUT2D eigenvalue weighted by Crippen LogP contribution is 2.42.